The Hall–Kier alpha value is -2.99. The number of nitrogens with one attached hydrogen (secondary N) is 1. The molecule has 0 radical (unpaired) electrons. The van der Waals surface area contributed by atoms with Crippen molar-refractivity contribution in [1.82, 2.24) is 19.9 Å². The molecule has 3 aromatic rings. The van der Waals surface area contributed by atoms with Crippen LogP contribution in [-0.2, 0) is 7.05 Å². The summed E-state index contributed by atoms with van der Waals surface area (Å²) in [4.78, 5) is 25.2. The number of hydrogen-bond donors (Lipinski definition) is 1. The molecule has 3 heterocycles. The zero-order chi connectivity index (χ0) is 22.0. The lowest BCUT2D eigenvalue weighted by molar-refractivity contribution is 0.517. The minimum absolute atomic E-state index is 0.0233. The molecule has 0 saturated carbocycles. The molecule has 1 saturated heterocycles. The van der Waals surface area contributed by atoms with Crippen molar-refractivity contribution in [2.45, 2.75) is 45.7 Å². The lowest BCUT2D eigenvalue weighted by atomic mass is 9.99. The molecule has 162 valence electrons. The summed E-state index contributed by atoms with van der Waals surface area (Å²) in [5.74, 6) is 0.737. The van der Waals surface area contributed by atoms with Crippen LogP contribution in [0, 0.1) is 6.92 Å². The van der Waals surface area contributed by atoms with Crippen molar-refractivity contribution >= 4 is 5.95 Å². The largest absolute Gasteiger partial charge is 0.338 e. The average molecular weight is 418 g/mol. The number of nitrogens with zero attached hydrogens (tertiary/aromatic N) is 4. The van der Waals surface area contributed by atoms with Gasteiger partial charge in [0.15, 0.2) is 0 Å². The van der Waals surface area contributed by atoms with Crippen LogP contribution in [0.4, 0.5) is 5.95 Å². The first kappa shape index (κ1) is 21.2. The van der Waals surface area contributed by atoms with Gasteiger partial charge in [0, 0.05) is 50.2 Å². The number of anilines is 1. The lowest BCUT2D eigenvalue weighted by Gasteiger charge is -2.29. The second kappa shape index (κ2) is 9.02. The maximum atomic E-state index is 13.7. The van der Waals surface area contributed by atoms with Crippen LogP contribution in [0.25, 0.3) is 22.4 Å². The Morgan fingerprint density at radius 1 is 1.16 bits per heavy atom. The molecule has 6 nitrogen and oxygen atoms in total. The Labute approximate surface area is 184 Å². The van der Waals surface area contributed by atoms with Crippen LogP contribution < -0.4 is 15.8 Å². The summed E-state index contributed by atoms with van der Waals surface area (Å²) in [6, 6.07) is 12.7. The summed E-state index contributed by atoms with van der Waals surface area (Å²) < 4.78 is 1.72. The first-order chi connectivity index (χ1) is 15.0. The van der Waals surface area contributed by atoms with Crippen molar-refractivity contribution in [2.75, 3.05) is 18.0 Å². The topological polar surface area (TPSA) is 63.1 Å². The quantitative estimate of drug-likeness (QED) is 0.661. The maximum absolute atomic E-state index is 13.7. The molecule has 4 rings (SSSR count). The van der Waals surface area contributed by atoms with E-state index in [0.717, 1.165) is 48.6 Å². The molecule has 6 heteroatoms. The van der Waals surface area contributed by atoms with E-state index in [9.17, 15) is 4.79 Å². The summed E-state index contributed by atoms with van der Waals surface area (Å²) in [7, 11) is 1.84. The molecule has 1 fully saturated rings. The highest BCUT2D eigenvalue weighted by Crippen LogP contribution is 2.31. The van der Waals surface area contributed by atoms with Crippen molar-refractivity contribution in [3.63, 3.8) is 0 Å². The summed E-state index contributed by atoms with van der Waals surface area (Å²) in [6.07, 6.45) is 5.70. The number of hydrogen-bond acceptors (Lipinski definition) is 5. The van der Waals surface area contributed by atoms with Gasteiger partial charge >= 0.3 is 0 Å². The molecule has 0 amide bonds. The molecule has 1 aliphatic rings. The van der Waals surface area contributed by atoms with Crippen LogP contribution in [0.15, 0.2) is 53.6 Å². The van der Waals surface area contributed by atoms with E-state index in [-0.39, 0.29) is 5.56 Å². The van der Waals surface area contributed by atoms with Gasteiger partial charge in [0.2, 0.25) is 5.95 Å². The third kappa shape index (κ3) is 4.39. The summed E-state index contributed by atoms with van der Waals surface area (Å²) in [6.45, 7) is 8.15. The van der Waals surface area contributed by atoms with Crippen molar-refractivity contribution in [3.05, 3.63) is 64.7 Å². The molecule has 1 unspecified atom stereocenters. The molecule has 1 atom stereocenters. The number of pyridine rings is 1. The molecule has 1 aliphatic heterocycles. The van der Waals surface area contributed by atoms with Gasteiger partial charge in [-0.2, -0.15) is 0 Å². The molecule has 0 spiro atoms. The number of benzene rings is 1. The standard InChI is InChI=1S/C25H31N5O/c1-17(2)27-16-21-9-6-14-30(21)25-28-23(19-10-12-26-13-11-19)22(24(31)29(25)4)20-8-5-7-18(3)15-20/h5,7-8,10-13,15,17,21,27H,6,9,14,16H2,1-4H3. The van der Waals surface area contributed by atoms with E-state index in [2.05, 4.69) is 29.0 Å². The molecule has 0 bridgehead atoms. The van der Waals surface area contributed by atoms with E-state index in [4.69, 9.17) is 4.98 Å². The van der Waals surface area contributed by atoms with Crippen molar-refractivity contribution < 1.29 is 0 Å². The third-order valence-corrected chi connectivity index (χ3v) is 5.92. The van der Waals surface area contributed by atoms with Gasteiger partial charge in [0.05, 0.1) is 11.3 Å². The molecule has 1 aromatic carbocycles. The van der Waals surface area contributed by atoms with Crippen LogP contribution in [0.3, 0.4) is 0 Å². The van der Waals surface area contributed by atoms with Crippen molar-refractivity contribution in [1.29, 1.82) is 0 Å². The number of aryl methyl sites for hydroxylation is 1. The second-order valence-corrected chi connectivity index (χ2v) is 8.66. The Kier molecular flexibility index (Phi) is 6.18. The summed E-state index contributed by atoms with van der Waals surface area (Å²) >= 11 is 0. The van der Waals surface area contributed by atoms with Gasteiger partial charge in [0.1, 0.15) is 0 Å². The smallest absolute Gasteiger partial charge is 0.263 e. The fourth-order valence-electron chi connectivity index (χ4n) is 4.31. The first-order valence-corrected chi connectivity index (χ1v) is 11.0. The number of rotatable bonds is 6. The van der Waals surface area contributed by atoms with Gasteiger partial charge in [-0.15, -0.1) is 0 Å². The predicted molar refractivity (Wildman–Crippen MR) is 126 cm³/mol. The van der Waals surface area contributed by atoms with Gasteiger partial charge < -0.3 is 10.2 Å². The van der Waals surface area contributed by atoms with Crippen molar-refractivity contribution in [2.24, 2.45) is 7.05 Å². The third-order valence-electron chi connectivity index (χ3n) is 5.92. The average Bonchev–Trinajstić information content (AvgIpc) is 3.23. The molecule has 0 aliphatic carbocycles. The fraction of sp³-hybridized carbons (Fsp3) is 0.400. The Balaban J connectivity index is 1.87. The highest BCUT2D eigenvalue weighted by molar-refractivity contribution is 5.81. The SMILES string of the molecule is Cc1cccc(-c2c(-c3ccncc3)nc(N3CCCC3CNC(C)C)n(C)c2=O)c1. The van der Waals surface area contributed by atoms with Crippen LogP contribution in [-0.4, -0.2) is 39.7 Å². The maximum Gasteiger partial charge on any atom is 0.263 e. The van der Waals surface area contributed by atoms with E-state index in [1.54, 1.807) is 17.0 Å². The minimum atomic E-state index is -0.0233. The number of aromatic nitrogens is 3. The Morgan fingerprint density at radius 3 is 2.65 bits per heavy atom. The van der Waals surface area contributed by atoms with E-state index >= 15 is 0 Å². The van der Waals surface area contributed by atoms with Gasteiger partial charge in [0.25, 0.3) is 5.56 Å². The predicted octanol–water partition coefficient (Wildman–Crippen LogP) is 3.78. The minimum Gasteiger partial charge on any atom is -0.338 e. The van der Waals surface area contributed by atoms with Crippen LogP contribution in [0.2, 0.25) is 0 Å². The molecular weight excluding hydrogens is 386 g/mol. The van der Waals surface area contributed by atoms with E-state index in [1.165, 1.54) is 0 Å². The normalized spacial score (nSPS) is 16.3. The second-order valence-electron chi connectivity index (χ2n) is 8.66. The summed E-state index contributed by atoms with van der Waals surface area (Å²) in [5.41, 5.74) is 4.24. The van der Waals surface area contributed by atoms with E-state index < -0.39 is 0 Å². The van der Waals surface area contributed by atoms with E-state index in [0.29, 0.717) is 23.3 Å². The van der Waals surface area contributed by atoms with Crippen LogP contribution in [0.1, 0.15) is 32.3 Å². The van der Waals surface area contributed by atoms with Gasteiger partial charge in [-0.3, -0.25) is 14.3 Å². The van der Waals surface area contributed by atoms with Gasteiger partial charge in [-0.05, 0) is 37.5 Å². The zero-order valence-electron chi connectivity index (χ0n) is 18.8. The molecule has 1 N–H and O–H groups in total. The Bertz CT molecular complexity index is 1110. The van der Waals surface area contributed by atoms with Gasteiger partial charge in [-0.25, -0.2) is 4.98 Å². The van der Waals surface area contributed by atoms with Gasteiger partial charge in [-0.1, -0.05) is 43.7 Å². The van der Waals surface area contributed by atoms with E-state index in [1.807, 2.05) is 50.4 Å². The molecule has 2 aromatic heterocycles. The van der Waals surface area contributed by atoms with Crippen molar-refractivity contribution in [3.8, 4) is 22.4 Å². The van der Waals surface area contributed by atoms with Crippen LogP contribution >= 0.6 is 0 Å². The molecule has 31 heavy (non-hydrogen) atoms. The first-order valence-electron chi connectivity index (χ1n) is 11.0. The monoisotopic (exact) mass is 417 g/mol. The van der Waals surface area contributed by atoms with Crippen LogP contribution in [0.5, 0.6) is 0 Å². The summed E-state index contributed by atoms with van der Waals surface area (Å²) in [5, 5.41) is 3.55. The lowest BCUT2D eigenvalue weighted by Crippen LogP contribution is -2.43. The zero-order valence-corrected chi connectivity index (χ0v) is 18.8. The highest BCUT2D eigenvalue weighted by atomic mass is 16.1. The molecular formula is C25H31N5O. The highest BCUT2D eigenvalue weighted by Gasteiger charge is 2.29. The fourth-order valence-corrected chi connectivity index (χ4v) is 4.31. The Morgan fingerprint density at radius 2 is 1.94 bits per heavy atom.